The zero-order valence-corrected chi connectivity index (χ0v) is 7.82. The second kappa shape index (κ2) is 7.18. The van der Waals surface area contributed by atoms with E-state index in [2.05, 4.69) is 20.8 Å². The monoisotopic (exact) mass is 140 g/mol. The lowest BCUT2D eigenvalue weighted by atomic mass is 9.41. The van der Waals surface area contributed by atoms with E-state index in [-0.39, 0.29) is 0 Å². The first-order chi connectivity index (χ1) is 4.85. The second-order valence-corrected chi connectivity index (χ2v) is 3.23. The fraction of sp³-hybridized carbons (Fsp3) is 1.00. The van der Waals surface area contributed by atoms with E-state index < -0.39 is 0 Å². The summed E-state index contributed by atoms with van der Waals surface area (Å²) in [6.45, 7) is 7.90. The molecule has 0 saturated heterocycles. The van der Waals surface area contributed by atoms with Crippen LogP contribution in [0.5, 0.6) is 0 Å². The molecule has 0 aliphatic rings. The van der Waals surface area contributed by atoms with Gasteiger partial charge < -0.3 is 0 Å². The number of hydrogen-bond acceptors (Lipinski definition) is 0. The van der Waals surface area contributed by atoms with Crippen molar-refractivity contribution in [1.82, 2.24) is 0 Å². The summed E-state index contributed by atoms with van der Waals surface area (Å²) in [5.74, 6) is 0. The van der Waals surface area contributed by atoms with E-state index in [9.17, 15) is 0 Å². The van der Waals surface area contributed by atoms with Crippen LogP contribution >= 0.6 is 0 Å². The van der Waals surface area contributed by atoms with E-state index in [1.807, 2.05) is 0 Å². The standard InChI is InChI=1S/C9H21B/c1-4-7-10(8-5-2)9-6-3/h4-9H2,1-3H3/q-1. The maximum Gasteiger partial charge on any atom is -0.0685 e. The molecule has 0 bridgehead atoms. The molecule has 1 radical (unpaired) electrons. The fourth-order valence-electron chi connectivity index (χ4n) is 1.66. The molecule has 0 aromatic heterocycles. The molecule has 1 heteroatoms. The van der Waals surface area contributed by atoms with Gasteiger partial charge in [0.15, 0.2) is 0 Å². The van der Waals surface area contributed by atoms with Gasteiger partial charge in [-0.2, -0.15) is 0 Å². The Kier molecular flexibility index (Phi) is 7.22. The van der Waals surface area contributed by atoms with Gasteiger partial charge >= 0.3 is 0 Å². The Morgan fingerprint density at radius 3 is 1.20 bits per heavy atom. The first kappa shape index (κ1) is 10.1. The molecule has 0 aliphatic heterocycles. The molecule has 0 nitrogen and oxygen atoms in total. The summed E-state index contributed by atoms with van der Waals surface area (Å²) in [7, 11) is 0. The third-order valence-corrected chi connectivity index (χ3v) is 2.09. The van der Waals surface area contributed by atoms with Crippen molar-refractivity contribution in [3.05, 3.63) is 0 Å². The van der Waals surface area contributed by atoms with Crippen LogP contribution in [0.15, 0.2) is 0 Å². The van der Waals surface area contributed by atoms with Crippen LogP contribution in [-0.4, -0.2) is 6.71 Å². The first-order valence-electron chi connectivity index (χ1n) is 4.85. The Hall–Kier alpha value is 0.0649. The van der Waals surface area contributed by atoms with Gasteiger partial charge in [0, 0.05) is 0 Å². The van der Waals surface area contributed by atoms with Crippen molar-refractivity contribution in [3.63, 3.8) is 0 Å². The summed E-state index contributed by atoms with van der Waals surface area (Å²) in [4.78, 5) is 0. The molecule has 10 heavy (non-hydrogen) atoms. The number of rotatable bonds is 6. The Labute approximate surface area is 66.5 Å². The highest BCUT2D eigenvalue weighted by Gasteiger charge is 1.92. The molecule has 0 amide bonds. The summed E-state index contributed by atoms with van der Waals surface area (Å²) in [5.41, 5.74) is 0. The zero-order chi connectivity index (χ0) is 7.82. The lowest BCUT2D eigenvalue weighted by molar-refractivity contribution is 0.957. The lowest BCUT2D eigenvalue weighted by Crippen LogP contribution is -2.09. The fourth-order valence-corrected chi connectivity index (χ4v) is 1.66. The molecule has 0 aromatic carbocycles. The van der Waals surface area contributed by atoms with Crippen LogP contribution in [0.3, 0.4) is 0 Å². The second-order valence-electron chi connectivity index (χ2n) is 3.23. The van der Waals surface area contributed by atoms with Crippen molar-refractivity contribution in [2.75, 3.05) is 0 Å². The van der Waals surface area contributed by atoms with Crippen LogP contribution in [-0.2, 0) is 0 Å². The van der Waals surface area contributed by atoms with Crippen molar-refractivity contribution in [2.45, 2.75) is 59.0 Å². The highest BCUT2D eigenvalue weighted by molar-refractivity contribution is 6.58. The van der Waals surface area contributed by atoms with Gasteiger partial charge in [-0.3, -0.25) is 0 Å². The van der Waals surface area contributed by atoms with E-state index in [1.165, 1.54) is 38.2 Å². The molecule has 0 spiro atoms. The minimum Gasteiger partial charge on any atom is -0.209 e. The average Bonchev–Trinajstić information content (AvgIpc) is 1.90. The van der Waals surface area contributed by atoms with Gasteiger partial charge in [0.2, 0.25) is 0 Å². The zero-order valence-electron chi connectivity index (χ0n) is 7.82. The normalized spacial score (nSPS) is 10.8. The van der Waals surface area contributed by atoms with Crippen LogP contribution in [0.4, 0.5) is 0 Å². The SMILES string of the molecule is CCC[B-](CCC)CCC. The average molecular weight is 140 g/mol. The summed E-state index contributed by atoms with van der Waals surface area (Å²) in [5, 5.41) is 0. The van der Waals surface area contributed by atoms with E-state index in [4.69, 9.17) is 0 Å². The van der Waals surface area contributed by atoms with E-state index in [0.29, 0.717) is 0 Å². The molecule has 0 atom stereocenters. The topological polar surface area (TPSA) is 0 Å². The Bertz CT molecular complexity index is 47.5. The van der Waals surface area contributed by atoms with Crippen LogP contribution < -0.4 is 0 Å². The van der Waals surface area contributed by atoms with Crippen molar-refractivity contribution in [1.29, 1.82) is 0 Å². The van der Waals surface area contributed by atoms with Gasteiger partial charge in [0.1, 0.15) is 0 Å². The third-order valence-electron chi connectivity index (χ3n) is 2.09. The first-order valence-corrected chi connectivity index (χ1v) is 4.85. The van der Waals surface area contributed by atoms with Crippen molar-refractivity contribution < 1.29 is 0 Å². The highest BCUT2D eigenvalue weighted by Crippen LogP contribution is 2.11. The Morgan fingerprint density at radius 1 is 0.700 bits per heavy atom. The van der Waals surface area contributed by atoms with Crippen LogP contribution in [0.25, 0.3) is 0 Å². The summed E-state index contributed by atoms with van der Waals surface area (Å²) >= 11 is 0. The highest BCUT2D eigenvalue weighted by atomic mass is 13.8. The van der Waals surface area contributed by atoms with Gasteiger partial charge in [-0.1, -0.05) is 40.0 Å². The molecule has 0 aliphatic carbocycles. The third kappa shape index (κ3) is 4.90. The molecule has 0 saturated carbocycles. The summed E-state index contributed by atoms with van der Waals surface area (Å²) < 4.78 is 0. The molecule has 0 N–H and O–H groups in total. The Balaban J connectivity index is 3.30. The van der Waals surface area contributed by atoms with Gasteiger partial charge in [0.05, 0.1) is 0 Å². The maximum absolute atomic E-state index is 2.29. The minimum atomic E-state index is 1.03. The molecular weight excluding hydrogens is 119 g/mol. The smallest absolute Gasteiger partial charge is 0.0685 e. The summed E-state index contributed by atoms with van der Waals surface area (Å²) in [6, 6.07) is 0. The van der Waals surface area contributed by atoms with Crippen LogP contribution in [0.2, 0.25) is 19.0 Å². The predicted octanol–water partition coefficient (Wildman–Crippen LogP) is 3.71. The van der Waals surface area contributed by atoms with Crippen molar-refractivity contribution in [2.24, 2.45) is 0 Å². The van der Waals surface area contributed by atoms with Gasteiger partial charge in [0.25, 0.3) is 0 Å². The van der Waals surface area contributed by atoms with E-state index in [0.717, 1.165) is 6.71 Å². The molecule has 0 aromatic rings. The molecule has 61 valence electrons. The van der Waals surface area contributed by atoms with Crippen molar-refractivity contribution >= 4 is 6.71 Å². The maximum atomic E-state index is 2.29. The minimum absolute atomic E-state index is 1.03. The van der Waals surface area contributed by atoms with Crippen molar-refractivity contribution in [3.8, 4) is 0 Å². The number of hydrogen-bond donors (Lipinski definition) is 0. The molecular formula is C9H21B-. The lowest BCUT2D eigenvalue weighted by Gasteiger charge is -2.23. The van der Waals surface area contributed by atoms with Crippen LogP contribution in [0, 0.1) is 0 Å². The molecule has 0 rings (SSSR count). The molecule has 0 fully saturated rings. The van der Waals surface area contributed by atoms with E-state index >= 15 is 0 Å². The quantitative estimate of drug-likeness (QED) is 0.493. The molecule has 0 unspecified atom stereocenters. The predicted molar refractivity (Wildman–Crippen MR) is 51.0 cm³/mol. The van der Waals surface area contributed by atoms with Gasteiger partial charge in [-0.05, 0) is 0 Å². The van der Waals surface area contributed by atoms with Gasteiger partial charge in [-0.25, -0.2) is 19.0 Å². The largest absolute Gasteiger partial charge is 0.209 e. The van der Waals surface area contributed by atoms with Crippen LogP contribution in [0.1, 0.15) is 40.0 Å². The Morgan fingerprint density at radius 2 is 1.00 bits per heavy atom. The molecule has 0 heterocycles. The summed E-state index contributed by atoms with van der Waals surface area (Å²) in [6.07, 6.45) is 8.44. The van der Waals surface area contributed by atoms with E-state index in [1.54, 1.807) is 0 Å². The van der Waals surface area contributed by atoms with Gasteiger partial charge in [-0.15, -0.1) is 6.71 Å².